The molecule has 0 bridgehead atoms. The summed E-state index contributed by atoms with van der Waals surface area (Å²) in [5.74, 6) is 0.574. The molecule has 2 heterocycles. The highest BCUT2D eigenvalue weighted by Gasteiger charge is 2.36. The predicted molar refractivity (Wildman–Crippen MR) is 129 cm³/mol. The zero-order chi connectivity index (χ0) is 26.2. The van der Waals surface area contributed by atoms with Crippen LogP contribution in [0.15, 0.2) is 60.9 Å². The maximum atomic E-state index is 13.9. The fraction of sp³-hybridized carbons (Fsp3) is 0.185. The van der Waals surface area contributed by atoms with Crippen molar-refractivity contribution in [1.82, 2.24) is 14.8 Å². The van der Waals surface area contributed by atoms with Gasteiger partial charge in [-0.25, -0.2) is 0 Å². The first-order valence-corrected chi connectivity index (χ1v) is 11.3. The van der Waals surface area contributed by atoms with Crippen LogP contribution in [-0.2, 0) is 31.1 Å². The number of alkyl halides is 3. The highest BCUT2D eigenvalue weighted by atomic mass is 19.4. The Morgan fingerprint density at radius 3 is 2.65 bits per heavy atom. The van der Waals surface area contributed by atoms with E-state index in [1.54, 1.807) is 41.0 Å². The minimum Gasteiger partial charge on any atom is -0.356 e. The molecule has 1 aliphatic heterocycles. The number of benzene rings is 3. The second-order valence-electron chi connectivity index (χ2n) is 8.69. The van der Waals surface area contributed by atoms with Crippen molar-refractivity contribution in [1.29, 1.82) is 5.26 Å². The van der Waals surface area contributed by atoms with Crippen LogP contribution in [0.2, 0.25) is 0 Å². The van der Waals surface area contributed by atoms with Crippen LogP contribution in [0.5, 0.6) is 0 Å². The number of anilines is 1. The number of nitrogens with zero attached hydrogens (tertiary/aromatic N) is 5. The van der Waals surface area contributed by atoms with Crippen LogP contribution in [0.4, 0.5) is 18.9 Å². The van der Waals surface area contributed by atoms with Gasteiger partial charge >= 0.3 is 6.18 Å². The zero-order valence-electron chi connectivity index (χ0n) is 19.7. The van der Waals surface area contributed by atoms with E-state index in [0.29, 0.717) is 34.5 Å². The zero-order valence-corrected chi connectivity index (χ0v) is 19.7. The van der Waals surface area contributed by atoms with E-state index in [4.69, 9.17) is 4.74 Å². The van der Waals surface area contributed by atoms with Gasteiger partial charge in [-0.2, -0.15) is 18.4 Å². The maximum Gasteiger partial charge on any atom is 0.416 e. The van der Waals surface area contributed by atoms with Gasteiger partial charge in [0.1, 0.15) is 19.3 Å². The normalized spacial score (nSPS) is 13.5. The van der Waals surface area contributed by atoms with Crippen molar-refractivity contribution in [3.8, 4) is 28.6 Å². The molecule has 1 aliphatic rings. The molecule has 0 saturated heterocycles. The fourth-order valence-electron chi connectivity index (χ4n) is 4.51. The summed E-state index contributed by atoms with van der Waals surface area (Å²) in [7, 11) is 1.80. The molecule has 7 nitrogen and oxygen atoms in total. The summed E-state index contributed by atoms with van der Waals surface area (Å²) in [5, 5.41) is 17.5. The molecule has 0 fully saturated rings. The summed E-state index contributed by atoms with van der Waals surface area (Å²) < 4.78 is 49.2. The van der Waals surface area contributed by atoms with E-state index >= 15 is 0 Å². The average Bonchev–Trinajstić information content (AvgIpc) is 3.20. The summed E-state index contributed by atoms with van der Waals surface area (Å²) in [4.78, 5) is 13.0. The van der Waals surface area contributed by atoms with Crippen LogP contribution in [-0.4, -0.2) is 27.8 Å². The molecular formula is C27H20F3N5O2. The number of nitriles is 1. The van der Waals surface area contributed by atoms with E-state index in [1.165, 1.54) is 6.07 Å². The number of ether oxygens (including phenoxy) is 1. The Labute approximate surface area is 210 Å². The minimum absolute atomic E-state index is 0.0395. The number of aryl methyl sites for hydroxylation is 1. The van der Waals surface area contributed by atoms with Crippen molar-refractivity contribution in [2.24, 2.45) is 7.05 Å². The lowest BCUT2D eigenvalue weighted by Gasteiger charge is -2.25. The third kappa shape index (κ3) is 4.69. The van der Waals surface area contributed by atoms with Gasteiger partial charge in [0.2, 0.25) is 0 Å². The molecule has 37 heavy (non-hydrogen) atoms. The molecule has 0 unspecified atom stereocenters. The minimum atomic E-state index is -4.62. The van der Waals surface area contributed by atoms with Gasteiger partial charge in [-0.3, -0.25) is 4.79 Å². The molecule has 0 aliphatic carbocycles. The Morgan fingerprint density at radius 2 is 1.95 bits per heavy atom. The van der Waals surface area contributed by atoms with Crippen molar-refractivity contribution in [2.75, 3.05) is 11.6 Å². The summed E-state index contributed by atoms with van der Waals surface area (Å²) >= 11 is 0. The third-order valence-electron chi connectivity index (χ3n) is 6.28. The Hall–Kier alpha value is -4.49. The highest BCUT2D eigenvalue weighted by molar-refractivity contribution is 5.83. The lowest BCUT2D eigenvalue weighted by Crippen LogP contribution is -2.25. The molecule has 0 spiro atoms. The van der Waals surface area contributed by atoms with Crippen LogP contribution < -0.4 is 4.90 Å². The monoisotopic (exact) mass is 503 g/mol. The lowest BCUT2D eigenvalue weighted by molar-refractivity contribution is -0.138. The molecule has 5 rings (SSSR count). The molecule has 0 saturated carbocycles. The highest BCUT2D eigenvalue weighted by Crippen LogP contribution is 2.38. The van der Waals surface area contributed by atoms with E-state index in [0.717, 1.165) is 17.2 Å². The van der Waals surface area contributed by atoms with E-state index in [2.05, 4.69) is 16.3 Å². The van der Waals surface area contributed by atoms with Gasteiger partial charge in [-0.05, 0) is 58.7 Å². The summed E-state index contributed by atoms with van der Waals surface area (Å²) in [6, 6.07) is 17.1. The molecule has 0 radical (unpaired) electrons. The Bertz CT molecular complexity index is 1540. The number of hydrogen-bond donors (Lipinski definition) is 0. The van der Waals surface area contributed by atoms with Crippen molar-refractivity contribution in [2.45, 2.75) is 19.3 Å². The predicted octanol–water partition coefficient (Wildman–Crippen LogP) is 5.35. The molecule has 0 N–H and O–H groups in total. The smallest absolute Gasteiger partial charge is 0.356 e. The van der Waals surface area contributed by atoms with Gasteiger partial charge < -0.3 is 14.2 Å². The molecule has 10 heteroatoms. The van der Waals surface area contributed by atoms with Crippen LogP contribution >= 0.6 is 0 Å². The molecule has 4 aromatic rings. The number of carbonyl (C=O) groups excluding carboxylic acids is 1. The quantitative estimate of drug-likeness (QED) is 0.349. The number of aldehydes is 1. The summed E-state index contributed by atoms with van der Waals surface area (Å²) in [6.45, 7) is -0.0200. The van der Waals surface area contributed by atoms with E-state index in [-0.39, 0.29) is 31.0 Å². The van der Waals surface area contributed by atoms with Gasteiger partial charge in [-0.15, -0.1) is 10.2 Å². The SMILES string of the molecule is Cn1cnnc1-c1cc(C#N)ccc1-c1cccc(N2COCc3cc(C=O)cc(C(F)(F)F)c3C2)c1. The third-order valence-corrected chi connectivity index (χ3v) is 6.28. The number of aromatic nitrogens is 3. The number of carbonyl (C=O) groups is 1. The van der Waals surface area contributed by atoms with Crippen molar-refractivity contribution in [3.63, 3.8) is 0 Å². The standard InChI is InChI=1S/C27H20F3N5O2/c1-34-15-32-33-26(34)23-8-17(11-31)5-6-22(23)19-3-2-4-21(10-19)35-12-24-20(14-37-16-35)7-18(13-36)9-25(24)27(28,29)30/h2-10,13,15H,12,14,16H2,1H3. The van der Waals surface area contributed by atoms with Crippen LogP contribution in [0.1, 0.15) is 32.6 Å². The van der Waals surface area contributed by atoms with Gasteiger partial charge in [0.15, 0.2) is 5.82 Å². The van der Waals surface area contributed by atoms with E-state index < -0.39 is 11.7 Å². The summed E-state index contributed by atoms with van der Waals surface area (Å²) in [6.07, 6.45) is -2.64. The first-order chi connectivity index (χ1) is 17.8. The number of halogens is 3. The van der Waals surface area contributed by atoms with Crippen molar-refractivity contribution >= 4 is 12.0 Å². The molecule has 0 amide bonds. The average molecular weight is 503 g/mol. The molecule has 3 aromatic carbocycles. The van der Waals surface area contributed by atoms with Crippen LogP contribution in [0, 0.1) is 11.3 Å². The number of rotatable bonds is 4. The van der Waals surface area contributed by atoms with Crippen molar-refractivity contribution < 1.29 is 22.7 Å². The molecule has 0 atom stereocenters. The maximum absolute atomic E-state index is 13.9. The van der Waals surface area contributed by atoms with Crippen LogP contribution in [0.25, 0.3) is 22.5 Å². The topological polar surface area (TPSA) is 84.0 Å². The fourth-order valence-corrected chi connectivity index (χ4v) is 4.51. The lowest BCUT2D eigenvalue weighted by atomic mass is 9.96. The van der Waals surface area contributed by atoms with E-state index in [1.807, 2.05) is 24.3 Å². The number of fused-ring (bicyclic) bond motifs is 1. The second kappa shape index (κ2) is 9.52. The number of hydrogen-bond acceptors (Lipinski definition) is 6. The van der Waals surface area contributed by atoms with Crippen LogP contribution in [0.3, 0.4) is 0 Å². The largest absolute Gasteiger partial charge is 0.416 e. The molecular weight excluding hydrogens is 483 g/mol. The Morgan fingerprint density at radius 1 is 1.11 bits per heavy atom. The second-order valence-corrected chi connectivity index (χ2v) is 8.69. The van der Waals surface area contributed by atoms with Gasteiger partial charge in [-0.1, -0.05) is 18.2 Å². The molecule has 1 aromatic heterocycles. The first kappa shape index (κ1) is 24.2. The van der Waals surface area contributed by atoms with E-state index in [9.17, 15) is 23.2 Å². The van der Waals surface area contributed by atoms with Gasteiger partial charge in [0.25, 0.3) is 0 Å². The summed E-state index contributed by atoms with van der Waals surface area (Å²) in [5.41, 5.74) is 2.95. The Balaban J connectivity index is 1.57. The van der Waals surface area contributed by atoms with Gasteiger partial charge in [0, 0.05) is 30.4 Å². The molecule has 186 valence electrons. The Kier molecular flexibility index (Phi) is 6.23. The van der Waals surface area contributed by atoms with Crippen molar-refractivity contribution in [3.05, 3.63) is 88.7 Å². The first-order valence-electron chi connectivity index (χ1n) is 11.3. The van der Waals surface area contributed by atoms with Gasteiger partial charge in [0.05, 0.1) is 23.8 Å².